The number of rotatable bonds is 6. The quantitative estimate of drug-likeness (QED) is 0.499. The SMILES string of the molecule is Cl.FC(F)(F)c1cccc(C=CCNCCc2cccc3ccccc23)c1. The highest BCUT2D eigenvalue weighted by Crippen LogP contribution is 2.29. The minimum atomic E-state index is -4.31. The number of fused-ring (bicyclic) bond motifs is 1. The van der Waals surface area contributed by atoms with Crippen LogP contribution >= 0.6 is 12.4 Å². The average Bonchev–Trinajstić information content (AvgIpc) is 2.64. The summed E-state index contributed by atoms with van der Waals surface area (Å²) in [6.45, 7) is 1.42. The van der Waals surface area contributed by atoms with Crippen molar-refractivity contribution < 1.29 is 13.2 Å². The minimum absolute atomic E-state index is 0. The molecule has 0 amide bonds. The van der Waals surface area contributed by atoms with E-state index in [9.17, 15) is 13.2 Å². The van der Waals surface area contributed by atoms with Crippen molar-refractivity contribution in [3.63, 3.8) is 0 Å². The molecule has 0 unspecified atom stereocenters. The highest BCUT2D eigenvalue weighted by Gasteiger charge is 2.30. The zero-order valence-electron chi connectivity index (χ0n) is 14.7. The van der Waals surface area contributed by atoms with Gasteiger partial charge < -0.3 is 5.32 Å². The summed E-state index contributed by atoms with van der Waals surface area (Å²) in [5.41, 5.74) is 1.22. The summed E-state index contributed by atoms with van der Waals surface area (Å²) < 4.78 is 38.1. The fraction of sp³-hybridized carbons (Fsp3) is 0.182. The van der Waals surface area contributed by atoms with Gasteiger partial charge in [-0.05, 0) is 47.0 Å². The first-order valence-corrected chi connectivity index (χ1v) is 8.55. The maximum atomic E-state index is 12.7. The molecule has 5 heteroatoms. The Morgan fingerprint density at radius 3 is 2.44 bits per heavy atom. The predicted octanol–water partition coefficient (Wildman–Crippen LogP) is 6.13. The molecule has 3 rings (SSSR count). The van der Waals surface area contributed by atoms with Gasteiger partial charge in [-0.3, -0.25) is 0 Å². The minimum Gasteiger partial charge on any atom is -0.313 e. The molecule has 0 aliphatic carbocycles. The topological polar surface area (TPSA) is 12.0 Å². The summed E-state index contributed by atoms with van der Waals surface area (Å²) in [4.78, 5) is 0. The lowest BCUT2D eigenvalue weighted by Crippen LogP contribution is -2.17. The van der Waals surface area contributed by atoms with Crippen LogP contribution in [-0.4, -0.2) is 13.1 Å². The number of benzene rings is 3. The van der Waals surface area contributed by atoms with E-state index in [-0.39, 0.29) is 12.4 Å². The molecule has 0 aromatic heterocycles. The van der Waals surface area contributed by atoms with Gasteiger partial charge in [0.05, 0.1) is 5.56 Å². The molecule has 142 valence electrons. The maximum Gasteiger partial charge on any atom is 0.416 e. The zero-order chi connectivity index (χ0) is 18.4. The van der Waals surface area contributed by atoms with Gasteiger partial charge in [-0.25, -0.2) is 0 Å². The van der Waals surface area contributed by atoms with Crippen LogP contribution in [0.4, 0.5) is 13.2 Å². The van der Waals surface area contributed by atoms with E-state index in [1.165, 1.54) is 22.4 Å². The Morgan fingerprint density at radius 1 is 0.889 bits per heavy atom. The van der Waals surface area contributed by atoms with Crippen molar-refractivity contribution in [2.45, 2.75) is 12.6 Å². The monoisotopic (exact) mass is 391 g/mol. The van der Waals surface area contributed by atoms with Crippen molar-refractivity contribution in [2.75, 3.05) is 13.1 Å². The van der Waals surface area contributed by atoms with E-state index in [2.05, 4.69) is 35.6 Å². The van der Waals surface area contributed by atoms with Crippen molar-refractivity contribution in [3.05, 3.63) is 89.5 Å². The van der Waals surface area contributed by atoms with Crippen LogP contribution in [0.15, 0.2) is 72.8 Å². The van der Waals surface area contributed by atoms with E-state index in [1.807, 2.05) is 18.2 Å². The van der Waals surface area contributed by atoms with E-state index in [4.69, 9.17) is 0 Å². The third-order valence-electron chi connectivity index (χ3n) is 4.24. The van der Waals surface area contributed by atoms with E-state index in [0.717, 1.165) is 25.1 Å². The lowest BCUT2D eigenvalue weighted by molar-refractivity contribution is -0.137. The molecule has 0 radical (unpaired) electrons. The summed E-state index contributed by atoms with van der Waals surface area (Å²) >= 11 is 0. The van der Waals surface area contributed by atoms with Crippen LogP contribution in [-0.2, 0) is 12.6 Å². The first kappa shape index (κ1) is 21.0. The molecule has 1 nitrogen and oxygen atoms in total. The molecule has 0 heterocycles. The van der Waals surface area contributed by atoms with Crippen LogP contribution in [0, 0.1) is 0 Å². The van der Waals surface area contributed by atoms with Crippen molar-refractivity contribution >= 4 is 29.3 Å². The van der Waals surface area contributed by atoms with Gasteiger partial charge in [0.15, 0.2) is 0 Å². The molecule has 0 atom stereocenters. The van der Waals surface area contributed by atoms with Crippen LogP contribution in [0.2, 0.25) is 0 Å². The second kappa shape index (κ2) is 9.58. The Labute approximate surface area is 163 Å². The molecule has 0 bridgehead atoms. The molecule has 0 aliphatic heterocycles. The van der Waals surface area contributed by atoms with Gasteiger partial charge in [-0.15, -0.1) is 12.4 Å². The van der Waals surface area contributed by atoms with Crippen LogP contribution in [0.3, 0.4) is 0 Å². The number of alkyl halides is 3. The van der Waals surface area contributed by atoms with E-state index in [1.54, 1.807) is 12.1 Å². The Bertz CT molecular complexity index is 898. The highest BCUT2D eigenvalue weighted by molar-refractivity contribution is 5.86. The Morgan fingerprint density at radius 2 is 1.63 bits per heavy atom. The molecule has 0 saturated carbocycles. The molecule has 0 spiro atoms. The second-order valence-electron chi connectivity index (χ2n) is 6.12. The Hall–Kier alpha value is -2.30. The number of nitrogens with one attached hydrogen (secondary N) is 1. The van der Waals surface area contributed by atoms with Crippen LogP contribution in [0.5, 0.6) is 0 Å². The molecule has 3 aromatic carbocycles. The van der Waals surface area contributed by atoms with Gasteiger partial charge in [0.1, 0.15) is 0 Å². The van der Waals surface area contributed by atoms with Gasteiger partial charge >= 0.3 is 6.18 Å². The van der Waals surface area contributed by atoms with E-state index >= 15 is 0 Å². The summed E-state index contributed by atoms with van der Waals surface area (Å²) in [5, 5.41) is 5.80. The van der Waals surface area contributed by atoms with Crippen LogP contribution < -0.4 is 5.32 Å². The first-order valence-electron chi connectivity index (χ1n) is 8.55. The molecule has 0 aliphatic rings. The second-order valence-corrected chi connectivity index (χ2v) is 6.12. The molecule has 1 N–H and O–H groups in total. The van der Waals surface area contributed by atoms with E-state index in [0.29, 0.717) is 12.1 Å². The van der Waals surface area contributed by atoms with Crippen LogP contribution in [0.1, 0.15) is 16.7 Å². The number of hydrogen-bond donors (Lipinski definition) is 1. The predicted molar refractivity (Wildman–Crippen MR) is 108 cm³/mol. The molecule has 27 heavy (non-hydrogen) atoms. The highest BCUT2D eigenvalue weighted by atomic mass is 35.5. The first-order chi connectivity index (χ1) is 12.5. The zero-order valence-corrected chi connectivity index (χ0v) is 15.5. The summed E-state index contributed by atoms with van der Waals surface area (Å²) in [7, 11) is 0. The van der Waals surface area contributed by atoms with Crippen LogP contribution in [0.25, 0.3) is 16.8 Å². The maximum absolute atomic E-state index is 12.7. The standard InChI is InChI=1S/C22H20F3N.ClH/c23-22(24,25)20-11-3-6-17(16-20)7-5-14-26-15-13-19-10-4-9-18-8-1-2-12-21(18)19;/h1-12,16,26H,13-15H2;1H. The van der Waals surface area contributed by atoms with Crippen molar-refractivity contribution in [3.8, 4) is 0 Å². The molecular formula is C22H21ClF3N. The lowest BCUT2D eigenvalue weighted by Gasteiger charge is -2.07. The summed E-state index contributed by atoms with van der Waals surface area (Å²) in [6.07, 6.45) is 0.151. The molecular weight excluding hydrogens is 371 g/mol. The van der Waals surface area contributed by atoms with Gasteiger partial charge in [-0.2, -0.15) is 13.2 Å². The third-order valence-corrected chi connectivity index (χ3v) is 4.24. The van der Waals surface area contributed by atoms with Crippen molar-refractivity contribution in [1.82, 2.24) is 5.32 Å². The largest absolute Gasteiger partial charge is 0.416 e. The third kappa shape index (κ3) is 5.84. The molecule has 0 fully saturated rings. The van der Waals surface area contributed by atoms with Gasteiger partial charge in [0, 0.05) is 6.54 Å². The van der Waals surface area contributed by atoms with Gasteiger partial charge in [-0.1, -0.05) is 66.7 Å². The normalized spacial score (nSPS) is 11.7. The van der Waals surface area contributed by atoms with Crippen molar-refractivity contribution in [2.24, 2.45) is 0 Å². The van der Waals surface area contributed by atoms with E-state index < -0.39 is 11.7 Å². The van der Waals surface area contributed by atoms with Crippen molar-refractivity contribution in [1.29, 1.82) is 0 Å². The average molecular weight is 392 g/mol. The fourth-order valence-corrected chi connectivity index (χ4v) is 2.93. The lowest BCUT2D eigenvalue weighted by atomic mass is 10.0. The molecule has 3 aromatic rings. The fourth-order valence-electron chi connectivity index (χ4n) is 2.93. The van der Waals surface area contributed by atoms with Gasteiger partial charge in [0.2, 0.25) is 0 Å². The Kier molecular flexibility index (Phi) is 7.45. The number of halogens is 4. The van der Waals surface area contributed by atoms with Gasteiger partial charge in [0.25, 0.3) is 0 Å². The smallest absolute Gasteiger partial charge is 0.313 e. The number of hydrogen-bond acceptors (Lipinski definition) is 1. The molecule has 0 saturated heterocycles. The Balaban J connectivity index is 0.00000261. The summed E-state index contributed by atoms with van der Waals surface area (Å²) in [6, 6.07) is 19.9. The summed E-state index contributed by atoms with van der Waals surface area (Å²) in [5.74, 6) is 0.